The standard InChI is InChI=1S/C9H13NO3/c10-5-9(13)6-1-2-7(11)4-8(12)3-6/h1-4,8-9,11-13H,5,10H2. The van der Waals surface area contributed by atoms with Crippen LogP contribution in [-0.2, 0) is 0 Å². The van der Waals surface area contributed by atoms with Crippen LogP contribution in [0.25, 0.3) is 0 Å². The molecule has 0 saturated carbocycles. The molecule has 0 aromatic rings. The largest absolute Gasteiger partial charge is 0.508 e. The van der Waals surface area contributed by atoms with E-state index in [-0.39, 0.29) is 12.3 Å². The minimum atomic E-state index is -0.883. The molecule has 1 aliphatic carbocycles. The van der Waals surface area contributed by atoms with Gasteiger partial charge in [0.15, 0.2) is 0 Å². The molecule has 0 heterocycles. The highest BCUT2D eigenvalue weighted by atomic mass is 16.3. The van der Waals surface area contributed by atoms with Gasteiger partial charge in [-0.2, -0.15) is 0 Å². The molecule has 72 valence electrons. The zero-order chi connectivity index (χ0) is 9.84. The second-order valence-electron chi connectivity index (χ2n) is 2.83. The predicted molar refractivity (Wildman–Crippen MR) is 49.0 cm³/mol. The fourth-order valence-corrected chi connectivity index (χ4v) is 1.07. The Hall–Kier alpha value is -1.10. The Kier molecular flexibility index (Phi) is 3.25. The van der Waals surface area contributed by atoms with Gasteiger partial charge in [-0.1, -0.05) is 6.08 Å². The van der Waals surface area contributed by atoms with Crippen LogP contribution in [0, 0.1) is 0 Å². The summed E-state index contributed by atoms with van der Waals surface area (Å²) in [5.41, 5.74) is 5.76. The van der Waals surface area contributed by atoms with Gasteiger partial charge in [-0.3, -0.25) is 0 Å². The van der Waals surface area contributed by atoms with Crippen LogP contribution < -0.4 is 5.73 Å². The molecule has 0 fully saturated rings. The second-order valence-corrected chi connectivity index (χ2v) is 2.83. The van der Waals surface area contributed by atoms with Crippen molar-refractivity contribution < 1.29 is 15.3 Å². The van der Waals surface area contributed by atoms with Crippen molar-refractivity contribution >= 4 is 0 Å². The molecular formula is C9H13NO3. The van der Waals surface area contributed by atoms with Crippen molar-refractivity contribution in [1.82, 2.24) is 0 Å². The van der Waals surface area contributed by atoms with Crippen molar-refractivity contribution in [3.05, 3.63) is 35.6 Å². The SMILES string of the molecule is NCC(O)C1=CC(O)C=C(O)C=C1. The van der Waals surface area contributed by atoms with Gasteiger partial charge in [0.05, 0.1) is 12.2 Å². The van der Waals surface area contributed by atoms with Gasteiger partial charge in [0.1, 0.15) is 5.76 Å². The van der Waals surface area contributed by atoms with Crippen molar-refractivity contribution in [3.63, 3.8) is 0 Å². The van der Waals surface area contributed by atoms with Crippen LogP contribution in [0.3, 0.4) is 0 Å². The molecule has 0 aromatic heterocycles. The van der Waals surface area contributed by atoms with Gasteiger partial charge in [0.25, 0.3) is 0 Å². The first-order chi connectivity index (χ1) is 6.13. The van der Waals surface area contributed by atoms with E-state index >= 15 is 0 Å². The number of hydrogen-bond donors (Lipinski definition) is 4. The summed E-state index contributed by atoms with van der Waals surface area (Å²) in [6.45, 7) is 0.0870. The molecule has 2 unspecified atom stereocenters. The summed E-state index contributed by atoms with van der Waals surface area (Å²) in [6, 6.07) is 0. The average molecular weight is 183 g/mol. The molecule has 0 aromatic carbocycles. The first-order valence-corrected chi connectivity index (χ1v) is 4.00. The van der Waals surface area contributed by atoms with Crippen LogP contribution in [0.5, 0.6) is 0 Å². The second kappa shape index (κ2) is 4.23. The molecule has 0 amide bonds. The van der Waals surface area contributed by atoms with E-state index < -0.39 is 12.2 Å². The van der Waals surface area contributed by atoms with Crippen LogP contribution in [-0.4, -0.2) is 34.1 Å². The van der Waals surface area contributed by atoms with Crippen LogP contribution in [0.15, 0.2) is 35.6 Å². The average Bonchev–Trinajstić information content (AvgIpc) is 2.25. The summed E-state index contributed by atoms with van der Waals surface area (Å²) in [4.78, 5) is 0. The summed E-state index contributed by atoms with van der Waals surface area (Å²) in [5, 5.41) is 27.7. The fourth-order valence-electron chi connectivity index (χ4n) is 1.07. The first-order valence-electron chi connectivity index (χ1n) is 4.00. The monoisotopic (exact) mass is 183 g/mol. The molecule has 0 spiro atoms. The molecule has 4 nitrogen and oxygen atoms in total. The van der Waals surface area contributed by atoms with Gasteiger partial charge in [-0.15, -0.1) is 0 Å². The third-order valence-electron chi connectivity index (χ3n) is 1.76. The highest BCUT2D eigenvalue weighted by Crippen LogP contribution is 2.12. The summed E-state index contributed by atoms with van der Waals surface area (Å²) in [6.07, 6.45) is 3.96. The van der Waals surface area contributed by atoms with Gasteiger partial charge in [-0.25, -0.2) is 0 Å². The van der Waals surface area contributed by atoms with Gasteiger partial charge in [0, 0.05) is 6.54 Å². The molecule has 1 aliphatic rings. The zero-order valence-corrected chi connectivity index (χ0v) is 7.09. The maximum Gasteiger partial charge on any atom is 0.114 e. The highest BCUT2D eigenvalue weighted by Gasteiger charge is 2.10. The van der Waals surface area contributed by atoms with Gasteiger partial charge in [-0.05, 0) is 23.8 Å². The van der Waals surface area contributed by atoms with Crippen molar-refractivity contribution in [2.75, 3.05) is 6.54 Å². The van der Waals surface area contributed by atoms with E-state index in [1.54, 1.807) is 0 Å². The van der Waals surface area contributed by atoms with Crippen LogP contribution >= 0.6 is 0 Å². The summed E-state index contributed by atoms with van der Waals surface area (Å²) < 4.78 is 0. The van der Waals surface area contributed by atoms with Gasteiger partial charge < -0.3 is 21.1 Å². The Bertz CT molecular complexity index is 268. The van der Waals surface area contributed by atoms with Crippen molar-refractivity contribution in [1.29, 1.82) is 0 Å². The number of aliphatic hydroxyl groups is 3. The number of hydrogen-bond acceptors (Lipinski definition) is 4. The Morgan fingerprint density at radius 1 is 1.38 bits per heavy atom. The Labute approximate surface area is 76.3 Å². The maximum atomic E-state index is 9.35. The number of nitrogens with two attached hydrogens (primary N) is 1. The quantitative estimate of drug-likeness (QED) is 0.469. The van der Waals surface area contributed by atoms with E-state index in [2.05, 4.69) is 0 Å². The Morgan fingerprint density at radius 3 is 2.69 bits per heavy atom. The topological polar surface area (TPSA) is 86.7 Å². The minimum absolute atomic E-state index is 0.0250. The lowest BCUT2D eigenvalue weighted by atomic mass is 10.1. The molecule has 2 atom stereocenters. The van der Waals surface area contributed by atoms with Gasteiger partial charge >= 0.3 is 0 Å². The predicted octanol–water partition coefficient (Wildman–Crippen LogP) is -0.395. The van der Waals surface area contributed by atoms with Crippen LogP contribution in [0.2, 0.25) is 0 Å². The van der Waals surface area contributed by atoms with E-state index in [0.717, 1.165) is 0 Å². The van der Waals surface area contributed by atoms with Crippen LogP contribution in [0.4, 0.5) is 0 Å². The number of allylic oxidation sites excluding steroid dienone is 1. The summed E-state index contributed by atoms with van der Waals surface area (Å²) in [7, 11) is 0. The molecule has 0 aliphatic heterocycles. The number of rotatable bonds is 2. The van der Waals surface area contributed by atoms with Crippen molar-refractivity contribution in [2.24, 2.45) is 5.73 Å². The molecule has 1 rings (SSSR count). The normalized spacial score (nSPS) is 24.7. The fraction of sp³-hybridized carbons (Fsp3) is 0.333. The van der Waals surface area contributed by atoms with E-state index in [4.69, 9.17) is 10.8 Å². The van der Waals surface area contributed by atoms with Crippen LogP contribution in [0.1, 0.15) is 0 Å². The highest BCUT2D eigenvalue weighted by molar-refractivity contribution is 5.33. The van der Waals surface area contributed by atoms with Crippen molar-refractivity contribution in [2.45, 2.75) is 12.2 Å². The lowest BCUT2D eigenvalue weighted by Gasteiger charge is -2.08. The van der Waals surface area contributed by atoms with Crippen molar-refractivity contribution in [3.8, 4) is 0 Å². The molecular weight excluding hydrogens is 170 g/mol. The van der Waals surface area contributed by atoms with E-state index in [9.17, 15) is 10.2 Å². The lowest BCUT2D eigenvalue weighted by molar-refractivity contribution is 0.217. The van der Waals surface area contributed by atoms with Gasteiger partial charge in [0.2, 0.25) is 0 Å². The third-order valence-corrected chi connectivity index (χ3v) is 1.76. The Balaban J connectivity index is 2.84. The zero-order valence-electron chi connectivity index (χ0n) is 7.09. The molecule has 0 saturated heterocycles. The molecule has 5 N–H and O–H groups in total. The number of aliphatic hydroxyl groups excluding tert-OH is 3. The third kappa shape index (κ3) is 2.69. The lowest BCUT2D eigenvalue weighted by Crippen LogP contribution is -2.21. The smallest absolute Gasteiger partial charge is 0.114 e. The Morgan fingerprint density at radius 2 is 2.08 bits per heavy atom. The first kappa shape index (κ1) is 9.98. The summed E-state index contributed by atoms with van der Waals surface area (Å²) in [5.74, 6) is -0.0250. The molecule has 0 bridgehead atoms. The summed E-state index contributed by atoms with van der Waals surface area (Å²) >= 11 is 0. The molecule has 0 radical (unpaired) electrons. The van der Waals surface area contributed by atoms with E-state index in [0.29, 0.717) is 5.57 Å². The molecule has 4 heteroatoms. The minimum Gasteiger partial charge on any atom is -0.508 e. The molecule has 13 heavy (non-hydrogen) atoms. The van der Waals surface area contributed by atoms with E-state index in [1.165, 1.54) is 24.3 Å². The maximum absolute atomic E-state index is 9.35. The van der Waals surface area contributed by atoms with E-state index in [1.807, 2.05) is 0 Å².